The van der Waals surface area contributed by atoms with Crippen molar-refractivity contribution in [1.29, 1.82) is 0 Å². The third-order valence-electron chi connectivity index (χ3n) is 3.31. The largest absolute Gasteiger partial charge is 0.325 e. The van der Waals surface area contributed by atoms with Crippen molar-refractivity contribution in [1.82, 2.24) is 0 Å². The minimum absolute atomic E-state index is 0.0406. The highest BCUT2D eigenvalue weighted by atomic mass is 16.2. The molecule has 0 aliphatic rings. The van der Waals surface area contributed by atoms with E-state index in [1.165, 1.54) is 0 Å². The van der Waals surface area contributed by atoms with Crippen LogP contribution in [0.15, 0.2) is 18.2 Å². The van der Waals surface area contributed by atoms with Gasteiger partial charge in [-0.15, -0.1) is 0 Å². The fourth-order valence-corrected chi connectivity index (χ4v) is 1.49. The first-order valence-corrected chi connectivity index (χ1v) is 6.51. The highest BCUT2D eigenvalue weighted by Crippen LogP contribution is 2.24. The van der Waals surface area contributed by atoms with Crippen LogP contribution in [0.5, 0.6) is 0 Å². The van der Waals surface area contributed by atoms with E-state index in [1.54, 1.807) is 0 Å². The monoisotopic (exact) mass is 258 g/mol. The van der Waals surface area contributed by atoms with Gasteiger partial charge in [0.1, 0.15) is 0 Å². The summed E-state index contributed by atoms with van der Waals surface area (Å²) in [7, 11) is 0. The van der Waals surface area contributed by atoms with E-state index < -0.39 is 0 Å². The maximum atomic E-state index is 12.1. The van der Waals surface area contributed by atoms with Gasteiger partial charge in [-0.1, -0.05) is 32.6 Å². The van der Waals surface area contributed by atoms with Crippen molar-refractivity contribution in [2.75, 3.05) is 11.9 Å². The molecule has 102 valence electrons. The second-order valence-electron chi connectivity index (χ2n) is 5.23. The number of hydrogen-bond acceptors (Lipinski definition) is 2. The summed E-state index contributed by atoms with van der Waals surface area (Å²) >= 11 is 0. The van der Waals surface area contributed by atoms with Gasteiger partial charge in [-0.25, -0.2) is 0 Å². The molecule has 1 aromatic rings. The van der Waals surface area contributed by atoms with E-state index in [-0.39, 0.29) is 11.3 Å². The lowest BCUT2D eigenvalue weighted by molar-refractivity contribution is -0.124. The van der Waals surface area contributed by atoms with Crippen LogP contribution in [0, 0.1) is 24.2 Å². The molecule has 0 saturated heterocycles. The lowest BCUT2D eigenvalue weighted by Crippen LogP contribution is -2.30. The number of benzene rings is 1. The minimum atomic E-state index is -0.357. The van der Waals surface area contributed by atoms with Gasteiger partial charge in [0.25, 0.3) is 0 Å². The maximum Gasteiger partial charge on any atom is 0.230 e. The van der Waals surface area contributed by atoms with Crippen molar-refractivity contribution in [3.8, 4) is 11.8 Å². The van der Waals surface area contributed by atoms with Crippen LogP contribution >= 0.6 is 0 Å². The normalized spacial score (nSPS) is 10.6. The molecule has 0 spiro atoms. The van der Waals surface area contributed by atoms with E-state index >= 15 is 0 Å². The molecule has 3 heteroatoms. The van der Waals surface area contributed by atoms with Gasteiger partial charge < -0.3 is 11.1 Å². The lowest BCUT2D eigenvalue weighted by Gasteiger charge is -2.22. The Hall–Kier alpha value is -1.79. The third-order valence-corrected chi connectivity index (χ3v) is 3.31. The Bertz CT molecular complexity index is 521. The molecule has 0 atom stereocenters. The third kappa shape index (κ3) is 4.11. The number of rotatable bonds is 3. The first-order chi connectivity index (χ1) is 8.90. The Morgan fingerprint density at radius 2 is 2.11 bits per heavy atom. The highest BCUT2D eigenvalue weighted by molar-refractivity contribution is 5.95. The summed E-state index contributed by atoms with van der Waals surface area (Å²) < 4.78 is 0. The van der Waals surface area contributed by atoms with E-state index in [2.05, 4.69) is 17.2 Å². The number of carbonyl (C=O) groups is 1. The fourth-order valence-electron chi connectivity index (χ4n) is 1.49. The summed E-state index contributed by atoms with van der Waals surface area (Å²) in [5.74, 6) is 5.84. The Morgan fingerprint density at radius 1 is 1.42 bits per heavy atom. The van der Waals surface area contributed by atoms with Crippen LogP contribution in [0.2, 0.25) is 0 Å². The summed E-state index contributed by atoms with van der Waals surface area (Å²) in [6.07, 6.45) is 0.804. The minimum Gasteiger partial charge on any atom is -0.325 e. The number of amides is 1. The highest BCUT2D eigenvalue weighted by Gasteiger charge is 2.25. The molecule has 3 nitrogen and oxygen atoms in total. The van der Waals surface area contributed by atoms with Crippen molar-refractivity contribution >= 4 is 11.6 Å². The van der Waals surface area contributed by atoms with Crippen LogP contribution < -0.4 is 11.1 Å². The molecule has 0 heterocycles. The van der Waals surface area contributed by atoms with Crippen LogP contribution in [0.1, 0.15) is 38.3 Å². The molecular weight excluding hydrogens is 236 g/mol. The number of nitrogens with one attached hydrogen (secondary N) is 1. The summed E-state index contributed by atoms with van der Waals surface area (Å²) in [4.78, 5) is 12.1. The van der Waals surface area contributed by atoms with E-state index in [9.17, 15) is 4.79 Å². The van der Waals surface area contributed by atoms with Crippen molar-refractivity contribution < 1.29 is 4.79 Å². The molecule has 1 aromatic carbocycles. The molecule has 0 aromatic heterocycles. The Labute approximate surface area is 115 Å². The average Bonchev–Trinajstić information content (AvgIpc) is 2.39. The molecule has 0 bridgehead atoms. The Morgan fingerprint density at radius 3 is 2.63 bits per heavy atom. The van der Waals surface area contributed by atoms with Gasteiger partial charge in [0.05, 0.1) is 6.54 Å². The van der Waals surface area contributed by atoms with Gasteiger partial charge in [-0.05, 0) is 37.1 Å². The molecule has 0 aliphatic carbocycles. The van der Waals surface area contributed by atoms with Crippen molar-refractivity contribution in [3.63, 3.8) is 0 Å². The van der Waals surface area contributed by atoms with E-state index in [1.807, 2.05) is 45.9 Å². The summed E-state index contributed by atoms with van der Waals surface area (Å²) in [6.45, 7) is 8.21. The summed E-state index contributed by atoms with van der Waals surface area (Å²) in [5.41, 5.74) is 7.74. The fraction of sp³-hybridized carbons (Fsp3) is 0.438. The number of anilines is 1. The van der Waals surface area contributed by atoms with Crippen molar-refractivity contribution in [3.05, 3.63) is 29.3 Å². The SMILES string of the molecule is CCC(C)(C)C(=O)Nc1ccc(C#CCN)cc1C. The smallest absolute Gasteiger partial charge is 0.230 e. The van der Waals surface area contributed by atoms with Gasteiger partial charge in [0.2, 0.25) is 5.91 Å². The average molecular weight is 258 g/mol. The number of carbonyl (C=O) groups excluding carboxylic acids is 1. The molecule has 3 N–H and O–H groups in total. The zero-order valence-corrected chi connectivity index (χ0v) is 12.1. The molecule has 0 unspecified atom stereocenters. The molecule has 1 rings (SSSR count). The molecular formula is C16H22N2O. The lowest BCUT2D eigenvalue weighted by atomic mass is 9.89. The molecule has 0 fully saturated rings. The number of hydrogen-bond donors (Lipinski definition) is 2. The zero-order valence-electron chi connectivity index (χ0n) is 12.1. The topological polar surface area (TPSA) is 55.1 Å². The van der Waals surface area contributed by atoms with E-state index in [4.69, 9.17) is 5.73 Å². The molecule has 19 heavy (non-hydrogen) atoms. The van der Waals surface area contributed by atoms with Crippen LogP contribution in [0.4, 0.5) is 5.69 Å². The second-order valence-corrected chi connectivity index (χ2v) is 5.23. The van der Waals surface area contributed by atoms with Crippen LogP contribution in [0.25, 0.3) is 0 Å². The van der Waals surface area contributed by atoms with Crippen molar-refractivity contribution in [2.24, 2.45) is 11.1 Å². The Balaban J connectivity index is 2.89. The van der Waals surface area contributed by atoms with Crippen LogP contribution in [0.3, 0.4) is 0 Å². The first kappa shape index (κ1) is 15.3. The predicted octanol–water partition coefficient (Wildman–Crippen LogP) is 2.68. The number of nitrogens with two attached hydrogens (primary N) is 1. The predicted molar refractivity (Wildman–Crippen MR) is 79.8 cm³/mol. The Kier molecular flexibility index (Phi) is 5.14. The second kappa shape index (κ2) is 6.40. The quantitative estimate of drug-likeness (QED) is 0.819. The van der Waals surface area contributed by atoms with Crippen molar-refractivity contribution in [2.45, 2.75) is 34.1 Å². The van der Waals surface area contributed by atoms with Gasteiger partial charge in [0, 0.05) is 16.7 Å². The van der Waals surface area contributed by atoms with Gasteiger partial charge >= 0.3 is 0 Å². The molecule has 0 radical (unpaired) electrons. The van der Waals surface area contributed by atoms with E-state index in [0.717, 1.165) is 23.2 Å². The van der Waals surface area contributed by atoms with Gasteiger partial charge in [0.15, 0.2) is 0 Å². The number of aryl methyl sites for hydroxylation is 1. The molecule has 0 saturated carbocycles. The van der Waals surface area contributed by atoms with Gasteiger partial charge in [-0.3, -0.25) is 4.79 Å². The van der Waals surface area contributed by atoms with Crippen LogP contribution in [-0.4, -0.2) is 12.5 Å². The first-order valence-electron chi connectivity index (χ1n) is 6.51. The molecule has 0 aliphatic heterocycles. The van der Waals surface area contributed by atoms with Gasteiger partial charge in [-0.2, -0.15) is 0 Å². The van der Waals surface area contributed by atoms with Crippen LogP contribution in [-0.2, 0) is 4.79 Å². The molecule has 1 amide bonds. The standard InChI is InChI=1S/C16H22N2O/c1-5-16(3,4)15(19)18-14-9-8-13(7-6-10-17)11-12(14)2/h8-9,11H,5,10,17H2,1-4H3,(H,18,19). The summed E-state index contributed by atoms with van der Waals surface area (Å²) in [6, 6.07) is 5.74. The zero-order chi connectivity index (χ0) is 14.5. The summed E-state index contributed by atoms with van der Waals surface area (Å²) in [5, 5.41) is 2.97. The van der Waals surface area contributed by atoms with E-state index in [0.29, 0.717) is 6.54 Å². The maximum absolute atomic E-state index is 12.1.